The standard InChI is InChI=1S/C6H8N2/c1-3-6-5(2)7-4-8-6/h3H2,1-2H3. The first-order chi connectivity index (χ1) is 3.84. The van der Waals surface area contributed by atoms with Crippen LogP contribution < -0.4 is 5.32 Å². The smallest absolute Gasteiger partial charge is 0.198 e. The lowest BCUT2D eigenvalue weighted by Crippen LogP contribution is -1.94. The lowest BCUT2D eigenvalue weighted by molar-refractivity contribution is 0.973. The van der Waals surface area contributed by atoms with Crippen molar-refractivity contribution >= 4 is 6.34 Å². The SMILES string of the molecule is CCC1=C(C)N=[C][N]1. The van der Waals surface area contributed by atoms with Gasteiger partial charge in [0.25, 0.3) is 0 Å². The molecule has 0 unspecified atom stereocenters. The third kappa shape index (κ3) is 0.735. The second kappa shape index (κ2) is 1.99. The van der Waals surface area contributed by atoms with E-state index in [-0.39, 0.29) is 0 Å². The van der Waals surface area contributed by atoms with Crippen LogP contribution in [0.25, 0.3) is 0 Å². The topological polar surface area (TPSA) is 26.5 Å². The average molecular weight is 108 g/mol. The van der Waals surface area contributed by atoms with Gasteiger partial charge in [-0.25, -0.2) is 10.3 Å². The van der Waals surface area contributed by atoms with Crippen LogP contribution in [0.3, 0.4) is 0 Å². The molecule has 0 aromatic heterocycles. The largest absolute Gasteiger partial charge is 0.229 e. The summed E-state index contributed by atoms with van der Waals surface area (Å²) in [6.45, 7) is 4.01. The molecule has 0 atom stereocenters. The maximum atomic E-state index is 3.90. The Morgan fingerprint density at radius 1 is 1.62 bits per heavy atom. The predicted molar refractivity (Wildman–Crippen MR) is 32.6 cm³/mol. The number of hydrogen-bond acceptors (Lipinski definition) is 1. The molecule has 0 fully saturated rings. The van der Waals surface area contributed by atoms with E-state index >= 15 is 0 Å². The summed E-state index contributed by atoms with van der Waals surface area (Å²) in [6, 6.07) is 0. The van der Waals surface area contributed by atoms with Crippen molar-refractivity contribution < 1.29 is 0 Å². The lowest BCUT2D eigenvalue weighted by Gasteiger charge is -1.91. The molecular weight excluding hydrogens is 100 g/mol. The molecule has 2 radical (unpaired) electrons. The molecule has 42 valence electrons. The lowest BCUT2D eigenvalue weighted by atomic mass is 10.3. The molecule has 8 heavy (non-hydrogen) atoms. The summed E-state index contributed by atoms with van der Waals surface area (Å²) in [4.78, 5) is 3.85. The number of aliphatic imine (C=N–C) groups is 1. The average Bonchev–Trinajstić information content (AvgIpc) is 2.14. The molecule has 1 aliphatic heterocycles. The molecule has 2 heteroatoms. The van der Waals surface area contributed by atoms with Crippen LogP contribution in [0.15, 0.2) is 16.4 Å². The third-order valence-corrected chi connectivity index (χ3v) is 1.16. The summed E-state index contributed by atoms with van der Waals surface area (Å²) in [5.74, 6) is 0. The Bertz CT molecular complexity index is 145. The number of rotatable bonds is 1. The van der Waals surface area contributed by atoms with Gasteiger partial charge in [0.1, 0.15) is 0 Å². The van der Waals surface area contributed by atoms with E-state index in [1.165, 1.54) is 0 Å². The Balaban J connectivity index is 2.68. The Kier molecular flexibility index (Phi) is 1.33. The van der Waals surface area contributed by atoms with Crippen LogP contribution in [-0.2, 0) is 0 Å². The van der Waals surface area contributed by atoms with Gasteiger partial charge in [0.05, 0.1) is 11.4 Å². The van der Waals surface area contributed by atoms with Gasteiger partial charge in [-0.3, -0.25) is 0 Å². The first-order valence-corrected chi connectivity index (χ1v) is 2.71. The van der Waals surface area contributed by atoms with Gasteiger partial charge in [-0.1, -0.05) is 6.92 Å². The van der Waals surface area contributed by atoms with E-state index in [0.29, 0.717) is 0 Å². The minimum atomic E-state index is 0.961. The highest BCUT2D eigenvalue weighted by Crippen LogP contribution is 2.10. The first-order valence-electron chi connectivity index (χ1n) is 2.71. The molecule has 0 spiro atoms. The van der Waals surface area contributed by atoms with E-state index in [2.05, 4.69) is 23.6 Å². The van der Waals surface area contributed by atoms with Crippen molar-refractivity contribution in [2.45, 2.75) is 20.3 Å². The van der Waals surface area contributed by atoms with Crippen LogP contribution in [0.4, 0.5) is 0 Å². The first kappa shape index (κ1) is 5.35. The molecule has 1 heterocycles. The van der Waals surface area contributed by atoms with E-state index in [0.717, 1.165) is 17.8 Å². The van der Waals surface area contributed by atoms with Gasteiger partial charge < -0.3 is 0 Å². The van der Waals surface area contributed by atoms with Crippen molar-refractivity contribution in [1.82, 2.24) is 5.32 Å². The second-order valence-corrected chi connectivity index (χ2v) is 1.71. The number of allylic oxidation sites excluding steroid dienone is 2. The fourth-order valence-corrected chi connectivity index (χ4v) is 0.641. The van der Waals surface area contributed by atoms with Crippen LogP contribution in [-0.4, -0.2) is 6.34 Å². The molecule has 0 saturated carbocycles. The Morgan fingerprint density at radius 2 is 2.38 bits per heavy atom. The number of nitrogens with zero attached hydrogens (tertiary/aromatic N) is 2. The van der Waals surface area contributed by atoms with Crippen LogP contribution in [0.1, 0.15) is 20.3 Å². The molecule has 1 aliphatic rings. The predicted octanol–water partition coefficient (Wildman–Crippen LogP) is 1.15. The zero-order valence-electron chi connectivity index (χ0n) is 5.10. The summed E-state index contributed by atoms with van der Waals surface area (Å²) >= 11 is 0. The quantitative estimate of drug-likeness (QED) is 0.481. The van der Waals surface area contributed by atoms with Crippen molar-refractivity contribution in [2.24, 2.45) is 4.99 Å². The zero-order valence-corrected chi connectivity index (χ0v) is 5.10. The Hall–Kier alpha value is -0.790. The third-order valence-electron chi connectivity index (χ3n) is 1.16. The van der Waals surface area contributed by atoms with Gasteiger partial charge in [-0.15, -0.1) is 0 Å². The van der Waals surface area contributed by atoms with E-state index in [1.54, 1.807) is 0 Å². The molecule has 1 rings (SSSR count). The molecule has 0 aromatic rings. The normalized spacial score (nSPS) is 17.2. The van der Waals surface area contributed by atoms with Crippen molar-refractivity contribution in [1.29, 1.82) is 0 Å². The highest BCUT2D eigenvalue weighted by Gasteiger charge is 2.03. The molecule has 0 saturated heterocycles. The molecule has 0 bridgehead atoms. The van der Waals surface area contributed by atoms with Crippen LogP contribution >= 0.6 is 0 Å². The molecular formula is C6H8N2. The summed E-state index contributed by atoms with van der Waals surface area (Å²) in [5, 5.41) is 3.90. The van der Waals surface area contributed by atoms with E-state index in [9.17, 15) is 0 Å². The van der Waals surface area contributed by atoms with Crippen molar-refractivity contribution in [3.8, 4) is 0 Å². The summed E-state index contributed by atoms with van der Waals surface area (Å²) < 4.78 is 0. The maximum Gasteiger partial charge on any atom is 0.198 e. The minimum Gasteiger partial charge on any atom is -0.229 e. The van der Waals surface area contributed by atoms with Crippen LogP contribution in [0.5, 0.6) is 0 Å². The zero-order chi connectivity index (χ0) is 5.98. The minimum absolute atomic E-state index is 0.961. The van der Waals surface area contributed by atoms with E-state index in [1.807, 2.05) is 6.92 Å². The molecule has 0 amide bonds. The molecule has 2 nitrogen and oxygen atoms in total. The van der Waals surface area contributed by atoms with Gasteiger partial charge in [0.15, 0.2) is 6.34 Å². The fourth-order valence-electron chi connectivity index (χ4n) is 0.641. The van der Waals surface area contributed by atoms with Crippen molar-refractivity contribution in [3.05, 3.63) is 11.4 Å². The fraction of sp³-hybridized carbons (Fsp3) is 0.500. The van der Waals surface area contributed by atoms with Gasteiger partial charge in [-0.05, 0) is 13.3 Å². The molecule has 0 aromatic carbocycles. The van der Waals surface area contributed by atoms with Gasteiger partial charge in [0.2, 0.25) is 0 Å². The van der Waals surface area contributed by atoms with Crippen LogP contribution in [0.2, 0.25) is 0 Å². The van der Waals surface area contributed by atoms with Gasteiger partial charge in [0, 0.05) is 0 Å². The van der Waals surface area contributed by atoms with E-state index in [4.69, 9.17) is 0 Å². The molecule has 0 N–H and O–H groups in total. The maximum absolute atomic E-state index is 3.90. The van der Waals surface area contributed by atoms with Gasteiger partial charge >= 0.3 is 0 Å². The van der Waals surface area contributed by atoms with Crippen LogP contribution in [0, 0.1) is 0 Å². The van der Waals surface area contributed by atoms with Gasteiger partial charge in [-0.2, -0.15) is 0 Å². The van der Waals surface area contributed by atoms with E-state index < -0.39 is 0 Å². The van der Waals surface area contributed by atoms with Crippen molar-refractivity contribution in [2.75, 3.05) is 0 Å². The summed E-state index contributed by atoms with van der Waals surface area (Å²) in [6.07, 6.45) is 3.51. The number of hydrogen-bond donors (Lipinski definition) is 0. The second-order valence-electron chi connectivity index (χ2n) is 1.71. The summed E-state index contributed by atoms with van der Waals surface area (Å²) in [7, 11) is 0. The monoisotopic (exact) mass is 108 g/mol. The summed E-state index contributed by atoms with van der Waals surface area (Å²) in [5.41, 5.74) is 2.07. The Labute approximate surface area is 49.3 Å². The highest BCUT2D eigenvalue weighted by atomic mass is 15.0. The van der Waals surface area contributed by atoms with Crippen molar-refractivity contribution in [3.63, 3.8) is 0 Å². The molecule has 0 aliphatic carbocycles. The Morgan fingerprint density at radius 3 is 2.62 bits per heavy atom. The highest BCUT2D eigenvalue weighted by molar-refractivity contribution is 5.62.